The quantitative estimate of drug-likeness (QED) is 0.834. The second-order valence-electron chi connectivity index (χ2n) is 4.39. The Labute approximate surface area is 98.5 Å². The summed E-state index contributed by atoms with van der Waals surface area (Å²) in [4.78, 5) is 0. The molecule has 2 atom stereocenters. The highest BCUT2D eigenvalue weighted by atomic mass is 16.3. The summed E-state index contributed by atoms with van der Waals surface area (Å²) in [6.07, 6.45) is 2.47. The van der Waals surface area contributed by atoms with Crippen LogP contribution in [0.2, 0.25) is 0 Å². The van der Waals surface area contributed by atoms with Gasteiger partial charge in [0.2, 0.25) is 0 Å². The Balaban J connectivity index is 3.30. The SMILES string of the molecule is CCc1nn(C(C)CC)c(CC)c1C(C)O. The van der Waals surface area contributed by atoms with Crippen LogP contribution in [0.1, 0.15) is 70.1 Å². The number of rotatable bonds is 5. The Morgan fingerprint density at radius 3 is 2.19 bits per heavy atom. The molecule has 0 radical (unpaired) electrons. The third kappa shape index (κ3) is 2.29. The molecule has 2 unspecified atom stereocenters. The smallest absolute Gasteiger partial charge is 0.0798 e. The van der Waals surface area contributed by atoms with E-state index < -0.39 is 6.10 Å². The van der Waals surface area contributed by atoms with E-state index in [1.54, 1.807) is 0 Å². The van der Waals surface area contributed by atoms with Gasteiger partial charge in [-0.05, 0) is 33.1 Å². The largest absolute Gasteiger partial charge is 0.389 e. The van der Waals surface area contributed by atoms with Gasteiger partial charge in [-0.25, -0.2) is 0 Å². The van der Waals surface area contributed by atoms with Gasteiger partial charge in [0.25, 0.3) is 0 Å². The van der Waals surface area contributed by atoms with Gasteiger partial charge < -0.3 is 5.11 Å². The summed E-state index contributed by atoms with van der Waals surface area (Å²) < 4.78 is 2.10. The minimum absolute atomic E-state index is 0.410. The Morgan fingerprint density at radius 1 is 1.19 bits per heavy atom. The molecule has 1 heterocycles. The molecule has 16 heavy (non-hydrogen) atoms. The first-order chi connectivity index (χ1) is 7.56. The van der Waals surface area contributed by atoms with E-state index in [0.29, 0.717) is 6.04 Å². The van der Waals surface area contributed by atoms with Crippen LogP contribution >= 0.6 is 0 Å². The first kappa shape index (κ1) is 13.2. The number of hydrogen-bond acceptors (Lipinski definition) is 2. The summed E-state index contributed by atoms with van der Waals surface area (Å²) in [5, 5.41) is 14.5. The molecule has 1 aromatic rings. The first-order valence-corrected chi connectivity index (χ1v) is 6.34. The maximum Gasteiger partial charge on any atom is 0.0798 e. The summed E-state index contributed by atoms with van der Waals surface area (Å²) in [7, 11) is 0. The second-order valence-corrected chi connectivity index (χ2v) is 4.39. The number of nitrogens with zero attached hydrogens (tertiary/aromatic N) is 2. The molecule has 0 saturated carbocycles. The van der Waals surface area contributed by atoms with Crippen molar-refractivity contribution in [1.82, 2.24) is 9.78 Å². The van der Waals surface area contributed by atoms with Gasteiger partial charge in [-0.1, -0.05) is 20.8 Å². The molecule has 0 saturated heterocycles. The molecule has 0 aliphatic rings. The van der Waals surface area contributed by atoms with Gasteiger partial charge in [-0.2, -0.15) is 5.10 Å². The fourth-order valence-electron chi connectivity index (χ4n) is 2.17. The minimum Gasteiger partial charge on any atom is -0.389 e. The molecule has 3 heteroatoms. The monoisotopic (exact) mass is 224 g/mol. The highest BCUT2D eigenvalue weighted by Crippen LogP contribution is 2.26. The summed E-state index contributed by atoms with van der Waals surface area (Å²) in [6, 6.07) is 0.410. The molecule has 0 amide bonds. The van der Waals surface area contributed by atoms with Gasteiger partial charge in [0, 0.05) is 17.3 Å². The van der Waals surface area contributed by atoms with Crippen molar-refractivity contribution in [2.75, 3.05) is 0 Å². The van der Waals surface area contributed by atoms with Crippen molar-refractivity contribution in [2.24, 2.45) is 0 Å². The standard InChI is InChI=1S/C13H24N2O/c1-6-9(4)15-12(8-3)13(10(5)16)11(7-2)14-15/h9-10,16H,6-8H2,1-5H3. The number of aliphatic hydroxyl groups excluding tert-OH is 1. The first-order valence-electron chi connectivity index (χ1n) is 6.34. The van der Waals surface area contributed by atoms with E-state index in [-0.39, 0.29) is 0 Å². The average molecular weight is 224 g/mol. The highest BCUT2D eigenvalue weighted by Gasteiger charge is 2.20. The molecule has 0 aromatic carbocycles. The van der Waals surface area contributed by atoms with E-state index in [2.05, 4.69) is 37.5 Å². The highest BCUT2D eigenvalue weighted by molar-refractivity contribution is 5.29. The Morgan fingerprint density at radius 2 is 1.81 bits per heavy atom. The lowest BCUT2D eigenvalue weighted by atomic mass is 10.0. The molecule has 0 spiro atoms. The molecule has 1 N–H and O–H groups in total. The van der Waals surface area contributed by atoms with Crippen LogP contribution in [0.4, 0.5) is 0 Å². The number of aryl methyl sites for hydroxylation is 1. The lowest BCUT2D eigenvalue weighted by molar-refractivity contribution is 0.197. The maximum atomic E-state index is 9.86. The third-order valence-corrected chi connectivity index (χ3v) is 3.22. The molecule has 92 valence electrons. The normalized spacial score (nSPS) is 15.1. The zero-order valence-electron chi connectivity index (χ0n) is 11.1. The lowest BCUT2D eigenvalue weighted by Gasteiger charge is -2.14. The van der Waals surface area contributed by atoms with E-state index in [9.17, 15) is 5.11 Å². The maximum absolute atomic E-state index is 9.86. The van der Waals surface area contributed by atoms with Gasteiger partial charge >= 0.3 is 0 Å². The molecule has 0 aliphatic heterocycles. The van der Waals surface area contributed by atoms with Gasteiger partial charge in [-0.3, -0.25) is 4.68 Å². The van der Waals surface area contributed by atoms with Crippen LogP contribution in [0, 0.1) is 0 Å². The topological polar surface area (TPSA) is 38.0 Å². The number of aliphatic hydroxyl groups is 1. The van der Waals surface area contributed by atoms with Crippen molar-refractivity contribution in [3.63, 3.8) is 0 Å². The van der Waals surface area contributed by atoms with Crippen molar-refractivity contribution < 1.29 is 5.11 Å². The van der Waals surface area contributed by atoms with Crippen LogP contribution in [-0.2, 0) is 12.8 Å². The zero-order valence-corrected chi connectivity index (χ0v) is 11.1. The fraction of sp³-hybridized carbons (Fsp3) is 0.769. The zero-order chi connectivity index (χ0) is 12.3. The molecular formula is C13H24N2O. The molecule has 0 bridgehead atoms. The summed E-state index contributed by atoms with van der Waals surface area (Å²) in [6.45, 7) is 10.4. The van der Waals surface area contributed by atoms with Crippen LogP contribution in [0.25, 0.3) is 0 Å². The van der Waals surface area contributed by atoms with Gasteiger partial charge in [0.15, 0.2) is 0 Å². The predicted octanol–water partition coefficient (Wildman–Crippen LogP) is 3.03. The minimum atomic E-state index is -0.414. The van der Waals surface area contributed by atoms with Crippen LogP contribution in [0.5, 0.6) is 0 Å². The summed E-state index contributed by atoms with van der Waals surface area (Å²) >= 11 is 0. The lowest BCUT2D eigenvalue weighted by Crippen LogP contribution is -2.10. The van der Waals surface area contributed by atoms with Gasteiger partial charge in [-0.15, -0.1) is 0 Å². The van der Waals surface area contributed by atoms with Crippen molar-refractivity contribution in [3.05, 3.63) is 17.0 Å². The van der Waals surface area contributed by atoms with Crippen molar-refractivity contribution in [1.29, 1.82) is 0 Å². The van der Waals surface area contributed by atoms with Crippen LogP contribution < -0.4 is 0 Å². The molecule has 0 aliphatic carbocycles. The van der Waals surface area contributed by atoms with Gasteiger partial charge in [0.05, 0.1) is 11.8 Å². The number of aromatic nitrogens is 2. The van der Waals surface area contributed by atoms with Crippen molar-refractivity contribution >= 4 is 0 Å². The van der Waals surface area contributed by atoms with E-state index >= 15 is 0 Å². The van der Waals surface area contributed by atoms with E-state index in [1.807, 2.05) is 6.92 Å². The van der Waals surface area contributed by atoms with E-state index in [4.69, 9.17) is 0 Å². The summed E-state index contributed by atoms with van der Waals surface area (Å²) in [5.41, 5.74) is 3.29. The average Bonchev–Trinajstić information content (AvgIpc) is 2.66. The van der Waals surface area contributed by atoms with Gasteiger partial charge in [0.1, 0.15) is 0 Å². The molecule has 3 nitrogen and oxygen atoms in total. The predicted molar refractivity (Wildman–Crippen MR) is 66.6 cm³/mol. The van der Waals surface area contributed by atoms with Crippen LogP contribution in [0.15, 0.2) is 0 Å². The van der Waals surface area contributed by atoms with E-state index in [1.165, 1.54) is 5.69 Å². The van der Waals surface area contributed by atoms with Crippen LogP contribution in [-0.4, -0.2) is 14.9 Å². The fourth-order valence-corrected chi connectivity index (χ4v) is 2.17. The van der Waals surface area contributed by atoms with Crippen molar-refractivity contribution in [2.45, 2.75) is 66.0 Å². The van der Waals surface area contributed by atoms with E-state index in [0.717, 1.165) is 30.5 Å². The molecular weight excluding hydrogens is 200 g/mol. The Kier molecular flexibility index (Phi) is 4.54. The molecule has 0 fully saturated rings. The Bertz CT molecular complexity index is 342. The third-order valence-electron chi connectivity index (χ3n) is 3.22. The number of hydrogen-bond donors (Lipinski definition) is 1. The van der Waals surface area contributed by atoms with Crippen LogP contribution in [0.3, 0.4) is 0 Å². The molecule has 1 rings (SSSR count). The Hall–Kier alpha value is -0.830. The summed E-state index contributed by atoms with van der Waals surface area (Å²) in [5.74, 6) is 0. The molecule has 1 aromatic heterocycles. The second kappa shape index (κ2) is 5.48. The van der Waals surface area contributed by atoms with Crippen molar-refractivity contribution in [3.8, 4) is 0 Å².